The van der Waals surface area contributed by atoms with Crippen molar-refractivity contribution in [2.24, 2.45) is 5.92 Å². The Bertz CT molecular complexity index is 1390. The molecular weight excluding hydrogens is 442 g/mol. The van der Waals surface area contributed by atoms with Crippen molar-refractivity contribution in [3.8, 4) is 11.6 Å². The standard InChI is InChI=1S/C23H19N5O4S/c1-13(29)17-7-8-18(33-17)23(31)24-15-3-2-4-16(11-15)32-21-10-9-20-25-19(12-28(20)27-21)26-22(30)14-5-6-14/h2-4,7-12,14H,5-6H2,1H3,(H,24,31)(H,26,30). The van der Waals surface area contributed by atoms with Gasteiger partial charge in [0.1, 0.15) is 5.75 Å². The first-order valence-electron chi connectivity index (χ1n) is 10.3. The van der Waals surface area contributed by atoms with Crippen LogP contribution in [0, 0.1) is 5.92 Å². The van der Waals surface area contributed by atoms with Gasteiger partial charge in [0.05, 0.1) is 16.0 Å². The summed E-state index contributed by atoms with van der Waals surface area (Å²) in [5, 5.41) is 9.99. The lowest BCUT2D eigenvalue weighted by Crippen LogP contribution is -2.13. The Kier molecular flexibility index (Phi) is 5.35. The van der Waals surface area contributed by atoms with Crippen molar-refractivity contribution in [1.29, 1.82) is 0 Å². The molecule has 2 N–H and O–H groups in total. The predicted molar refractivity (Wildman–Crippen MR) is 123 cm³/mol. The predicted octanol–water partition coefficient (Wildman–Crippen LogP) is 4.39. The third-order valence-corrected chi connectivity index (χ3v) is 6.17. The lowest BCUT2D eigenvalue weighted by Gasteiger charge is -2.08. The minimum Gasteiger partial charge on any atom is -0.438 e. The molecule has 9 nitrogen and oxygen atoms in total. The van der Waals surface area contributed by atoms with Crippen LogP contribution in [0.15, 0.2) is 54.7 Å². The van der Waals surface area contributed by atoms with Crippen LogP contribution in [0.25, 0.3) is 5.65 Å². The maximum atomic E-state index is 12.5. The van der Waals surface area contributed by atoms with E-state index in [1.165, 1.54) is 11.4 Å². The number of hydrogen-bond acceptors (Lipinski definition) is 7. The lowest BCUT2D eigenvalue weighted by atomic mass is 10.3. The second-order valence-electron chi connectivity index (χ2n) is 7.67. The van der Waals surface area contributed by atoms with Crippen molar-refractivity contribution >= 4 is 46.1 Å². The average Bonchev–Trinajstić information content (AvgIpc) is 3.37. The third kappa shape index (κ3) is 4.75. The number of carbonyl (C=O) groups excluding carboxylic acids is 3. The Labute approximate surface area is 192 Å². The monoisotopic (exact) mass is 461 g/mol. The SMILES string of the molecule is CC(=O)c1ccc(C(=O)Nc2cccc(Oc3ccc4nc(NC(=O)C5CC5)cn4n3)c2)s1. The molecule has 1 fully saturated rings. The molecule has 3 heterocycles. The van der Waals surface area contributed by atoms with Crippen LogP contribution in [0.1, 0.15) is 39.1 Å². The molecule has 3 aromatic heterocycles. The van der Waals surface area contributed by atoms with E-state index in [1.807, 2.05) is 0 Å². The van der Waals surface area contributed by atoms with E-state index in [4.69, 9.17) is 4.74 Å². The van der Waals surface area contributed by atoms with Gasteiger partial charge < -0.3 is 15.4 Å². The molecule has 1 saturated carbocycles. The molecule has 10 heteroatoms. The number of carbonyl (C=O) groups is 3. The maximum absolute atomic E-state index is 12.5. The summed E-state index contributed by atoms with van der Waals surface area (Å²) in [6.07, 6.45) is 3.47. The fourth-order valence-electron chi connectivity index (χ4n) is 3.15. The van der Waals surface area contributed by atoms with Crippen LogP contribution >= 0.6 is 11.3 Å². The molecule has 0 saturated heterocycles. The summed E-state index contributed by atoms with van der Waals surface area (Å²) in [6.45, 7) is 1.47. The highest BCUT2D eigenvalue weighted by atomic mass is 32.1. The second kappa shape index (κ2) is 8.47. The normalized spacial score (nSPS) is 13.0. The number of nitrogens with zero attached hydrogens (tertiary/aromatic N) is 3. The van der Waals surface area contributed by atoms with E-state index in [0.717, 1.165) is 24.2 Å². The van der Waals surface area contributed by atoms with E-state index in [1.54, 1.807) is 54.7 Å². The minimum atomic E-state index is -0.302. The molecule has 1 aromatic carbocycles. The molecule has 0 unspecified atom stereocenters. The Balaban J connectivity index is 1.27. The van der Waals surface area contributed by atoms with E-state index >= 15 is 0 Å². The Morgan fingerprint density at radius 3 is 2.64 bits per heavy atom. The molecule has 0 spiro atoms. The summed E-state index contributed by atoms with van der Waals surface area (Å²) in [6, 6.07) is 13.6. The first-order chi connectivity index (χ1) is 15.9. The fourth-order valence-corrected chi connectivity index (χ4v) is 3.95. The van der Waals surface area contributed by atoms with Crippen molar-refractivity contribution in [2.45, 2.75) is 19.8 Å². The maximum Gasteiger partial charge on any atom is 0.265 e. The number of nitrogens with one attached hydrogen (secondary N) is 2. The van der Waals surface area contributed by atoms with Gasteiger partial charge in [-0.1, -0.05) is 6.07 Å². The molecule has 1 aliphatic carbocycles. The summed E-state index contributed by atoms with van der Waals surface area (Å²) >= 11 is 1.15. The molecule has 5 rings (SSSR count). The first-order valence-corrected chi connectivity index (χ1v) is 11.1. The highest BCUT2D eigenvalue weighted by Gasteiger charge is 2.30. The van der Waals surface area contributed by atoms with Gasteiger partial charge in [-0.3, -0.25) is 14.4 Å². The van der Waals surface area contributed by atoms with Crippen molar-refractivity contribution < 1.29 is 19.1 Å². The Morgan fingerprint density at radius 1 is 1.06 bits per heavy atom. The van der Waals surface area contributed by atoms with Crippen LogP contribution in [0.5, 0.6) is 11.6 Å². The molecular formula is C23H19N5O4S. The lowest BCUT2D eigenvalue weighted by molar-refractivity contribution is -0.117. The second-order valence-corrected chi connectivity index (χ2v) is 8.75. The molecule has 1 aliphatic rings. The van der Waals surface area contributed by atoms with Crippen LogP contribution in [-0.4, -0.2) is 32.2 Å². The molecule has 2 amide bonds. The molecule has 4 aromatic rings. The highest BCUT2D eigenvalue weighted by Crippen LogP contribution is 2.30. The molecule has 0 radical (unpaired) electrons. The van der Waals surface area contributed by atoms with Crippen LogP contribution in [-0.2, 0) is 4.79 Å². The van der Waals surface area contributed by atoms with Gasteiger partial charge in [-0.15, -0.1) is 16.4 Å². The molecule has 0 bridgehead atoms. The van der Waals surface area contributed by atoms with Gasteiger partial charge in [-0.2, -0.15) is 0 Å². The minimum absolute atomic E-state index is 0.0196. The molecule has 166 valence electrons. The number of rotatable bonds is 7. The van der Waals surface area contributed by atoms with Crippen molar-refractivity contribution in [2.75, 3.05) is 10.6 Å². The van der Waals surface area contributed by atoms with E-state index in [0.29, 0.717) is 38.5 Å². The first kappa shape index (κ1) is 20.8. The van der Waals surface area contributed by atoms with E-state index in [9.17, 15) is 14.4 Å². The van der Waals surface area contributed by atoms with Crippen LogP contribution in [0.2, 0.25) is 0 Å². The summed E-state index contributed by atoms with van der Waals surface area (Å²) in [5.41, 5.74) is 1.12. The van der Waals surface area contributed by atoms with Gasteiger partial charge in [-0.25, -0.2) is 9.50 Å². The van der Waals surface area contributed by atoms with Gasteiger partial charge in [0.15, 0.2) is 17.2 Å². The highest BCUT2D eigenvalue weighted by molar-refractivity contribution is 7.16. The number of ether oxygens (including phenoxy) is 1. The largest absolute Gasteiger partial charge is 0.438 e. The Morgan fingerprint density at radius 2 is 1.88 bits per heavy atom. The van der Waals surface area contributed by atoms with Gasteiger partial charge in [0.25, 0.3) is 5.91 Å². The number of hydrogen-bond donors (Lipinski definition) is 2. The quantitative estimate of drug-likeness (QED) is 0.395. The van der Waals surface area contributed by atoms with Gasteiger partial charge >= 0.3 is 0 Å². The number of fused-ring (bicyclic) bond motifs is 1. The molecule has 33 heavy (non-hydrogen) atoms. The number of benzene rings is 1. The smallest absolute Gasteiger partial charge is 0.265 e. The van der Waals surface area contributed by atoms with E-state index < -0.39 is 0 Å². The number of amides is 2. The van der Waals surface area contributed by atoms with E-state index in [-0.39, 0.29) is 23.5 Å². The number of imidazole rings is 1. The number of ketones is 1. The van der Waals surface area contributed by atoms with Crippen molar-refractivity contribution in [3.63, 3.8) is 0 Å². The Hall–Kier alpha value is -4.05. The topological polar surface area (TPSA) is 115 Å². The van der Waals surface area contributed by atoms with Crippen LogP contribution in [0.3, 0.4) is 0 Å². The van der Waals surface area contributed by atoms with Crippen molar-refractivity contribution in [3.05, 3.63) is 64.5 Å². The fraction of sp³-hybridized carbons (Fsp3) is 0.174. The number of Topliss-reactive ketones (excluding diaryl/α,β-unsaturated/α-hetero) is 1. The number of thiophene rings is 1. The summed E-state index contributed by atoms with van der Waals surface area (Å²) in [5.74, 6) is 0.949. The van der Waals surface area contributed by atoms with Gasteiger partial charge in [0, 0.05) is 23.7 Å². The van der Waals surface area contributed by atoms with Crippen LogP contribution in [0.4, 0.5) is 11.5 Å². The molecule has 0 atom stereocenters. The number of aromatic nitrogens is 3. The van der Waals surface area contributed by atoms with Crippen LogP contribution < -0.4 is 15.4 Å². The third-order valence-electron chi connectivity index (χ3n) is 4.99. The zero-order valence-electron chi connectivity index (χ0n) is 17.6. The summed E-state index contributed by atoms with van der Waals surface area (Å²) < 4.78 is 7.38. The number of anilines is 2. The summed E-state index contributed by atoms with van der Waals surface area (Å²) in [4.78, 5) is 41.2. The van der Waals surface area contributed by atoms with Gasteiger partial charge in [0.2, 0.25) is 11.8 Å². The van der Waals surface area contributed by atoms with Gasteiger partial charge in [-0.05, 0) is 50.1 Å². The zero-order chi connectivity index (χ0) is 22.9. The summed E-state index contributed by atoms with van der Waals surface area (Å²) in [7, 11) is 0. The van der Waals surface area contributed by atoms with Crippen molar-refractivity contribution in [1.82, 2.24) is 14.6 Å². The zero-order valence-corrected chi connectivity index (χ0v) is 18.4. The molecule has 0 aliphatic heterocycles. The average molecular weight is 462 g/mol. The van der Waals surface area contributed by atoms with E-state index in [2.05, 4.69) is 20.7 Å².